The number of aryl methyl sites for hydroxylation is 1. The van der Waals surface area contributed by atoms with Crippen molar-refractivity contribution in [2.45, 2.75) is 6.92 Å². The molecule has 0 atom stereocenters. The minimum atomic E-state index is 0.704. The molecular formula is C20H20N6O. The summed E-state index contributed by atoms with van der Waals surface area (Å²) in [4.78, 5) is 7.15. The van der Waals surface area contributed by atoms with Crippen LogP contribution in [0.15, 0.2) is 48.5 Å². The van der Waals surface area contributed by atoms with Crippen LogP contribution < -0.4 is 10.2 Å². The molecule has 2 aromatic heterocycles. The topological polar surface area (TPSA) is 67.6 Å². The molecule has 0 radical (unpaired) electrons. The van der Waals surface area contributed by atoms with Gasteiger partial charge in [0.05, 0.1) is 35.6 Å². The van der Waals surface area contributed by atoms with Crippen LogP contribution in [0, 0.1) is 6.92 Å². The standard InChI is InChI=1S/C20H20N6O/c1-14-23-24-20-19(22-16-7-3-5-9-18(16)26(14)20)21-15-6-2-4-8-17(15)25-10-12-27-13-11-25/h2-9H,10-13H2,1H3,(H,21,22). The van der Waals surface area contributed by atoms with E-state index in [-0.39, 0.29) is 0 Å². The molecule has 2 aromatic carbocycles. The van der Waals surface area contributed by atoms with Crippen molar-refractivity contribution >= 4 is 33.9 Å². The molecule has 4 aromatic rings. The van der Waals surface area contributed by atoms with Gasteiger partial charge in [0.1, 0.15) is 5.82 Å². The fourth-order valence-corrected chi connectivity index (χ4v) is 3.59. The van der Waals surface area contributed by atoms with Gasteiger partial charge in [-0.15, -0.1) is 10.2 Å². The summed E-state index contributed by atoms with van der Waals surface area (Å²) in [6.45, 7) is 5.21. The highest BCUT2D eigenvalue weighted by atomic mass is 16.5. The van der Waals surface area contributed by atoms with Crippen molar-refractivity contribution in [1.82, 2.24) is 19.6 Å². The summed E-state index contributed by atoms with van der Waals surface area (Å²) in [5.41, 5.74) is 4.78. The zero-order valence-electron chi connectivity index (χ0n) is 15.1. The first kappa shape index (κ1) is 16.0. The molecule has 0 saturated carbocycles. The quantitative estimate of drug-likeness (QED) is 0.605. The average molecular weight is 360 g/mol. The van der Waals surface area contributed by atoms with Gasteiger partial charge in [0.15, 0.2) is 5.82 Å². The van der Waals surface area contributed by atoms with Crippen LogP contribution in [0.1, 0.15) is 5.82 Å². The highest BCUT2D eigenvalue weighted by molar-refractivity contribution is 5.86. The van der Waals surface area contributed by atoms with Crippen molar-refractivity contribution in [3.8, 4) is 0 Å². The van der Waals surface area contributed by atoms with E-state index in [9.17, 15) is 0 Å². The van der Waals surface area contributed by atoms with E-state index in [1.165, 1.54) is 0 Å². The van der Waals surface area contributed by atoms with Crippen molar-refractivity contribution in [1.29, 1.82) is 0 Å². The van der Waals surface area contributed by atoms with Crippen LogP contribution in [-0.4, -0.2) is 45.9 Å². The van der Waals surface area contributed by atoms with Gasteiger partial charge in [0, 0.05) is 13.1 Å². The van der Waals surface area contributed by atoms with Gasteiger partial charge >= 0.3 is 0 Å². The van der Waals surface area contributed by atoms with Crippen LogP contribution >= 0.6 is 0 Å². The SMILES string of the molecule is Cc1nnc2c(Nc3ccccc3N3CCOCC3)nc3ccccc3n12. The van der Waals surface area contributed by atoms with E-state index in [1.807, 2.05) is 41.7 Å². The molecular weight excluding hydrogens is 340 g/mol. The summed E-state index contributed by atoms with van der Waals surface area (Å²) >= 11 is 0. The lowest BCUT2D eigenvalue weighted by Gasteiger charge is -2.30. The second-order valence-electron chi connectivity index (χ2n) is 6.60. The van der Waals surface area contributed by atoms with Crippen molar-refractivity contribution < 1.29 is 4.74 Å². The van der Waals surface area contributed by atoms with E-state index >= 15 is 0 Å². The van der Waals surface area contributed by atoms with Gasteiger partial charge in [-0.05, 0) is 31.2 Å². The largest absolute Gasteiger partial charge is 0.378 e. The lowest BCUT2D eigenvalue weighted by Crippen LogP contribution is -2.36. The molecule has 5 rings (SSSR count). The van der Waals surface area contributed by atoms with Crippen molar-refractivity contribution in [2.24, 2.45) is 0 Å². The second kappa shape index (κ2) is 6.51. The monoisotopic (exact) mass is 360 g/mol. The van der Waals surface area contributed by atoms with Crippen LogP contribution in [0.5, 0.6) is 0 Å². The minimum absolute atomic E-state index is 0.704. The van der Waals surface area contributed by atoms with Crippen LogP contribution in [0.3, 0.4) is 0 Å². The van der Waals surface area contributed by atoms with Gasteiger partial charge in [-0.2, -0.15) is 0 Å². The van der Waals surface area contributed by atoms with Crippen molar-refractivity contribution in [3.05, 3.63) is 54.4 Å². The normalized spacial score (nSPS) is 14.8. The molecule has 27 heavy (non-hydrogen) atoms. The van der Waals surface area contributed by atoms with Crippen LogP contribution in [0.25, 0.3) is 16.7 Å². The van der Waals surface area contributed by atoms with Gasteiger partial charge in [-0.3, -0.25) is 4.40 Å². The molecule has 1 aliphatic rings. The van der Waals surface area contributed by atoms with Gasteiger partial charge < -0.3 is 15.0 Å². The van der Waals surface area contributed by atoms with E-state index in [1.54, 1.807) is 0 Å². The average Bonchev–Trinajstić information content (AvgIpc) is 3.12. The van der Waals surface area contributed by atoms with E-state index < -0.39 is 0 Å². The van der Waals surface area contributed by atoms with Crippen molar-refractivity contribution in [3.63, 3.8) is 0 Å². The predicted molar refractivity (Wildman–Crippen MR) is 106 cm³/mol. The summed E-state index contributed by atoms with van der Waals surface area (Å²) in [7, 11) is 0. The molecule has 1 fully saturated rings. The van der Waals surface area contributed by atoms with E-state index in [2.05, 4.69) is 38.6 Å². The number of nitrogens with one attached hydrogen (secondary N) is 1. The number of rotatable bonds is 3. The maximum absolute atomic E-state index is 5.49. The molecule has 0 bridgehead atoms. The van der Waals surface area contributed by atoms with Crippen LogP contribution in [0.4, 0.5) is 17.2 Å². The Morgan fingerprint density at radius 1 is 0.963 bits per heavy atom. The lowest BCUT2D eigenvalue weighted by atomic mass is 10.2. The maximum Gasteiger partial charge on any atom is 0.204 e. The summed E-state index contributed by atoms with van der Waals surface area (Å²) in [5.74, 6) is 1.54. The molecule has 1 N–H and O–H groups in total. The predicted octanol–water partition coefficient (Wildman–Crippen LogP) is 3.17. The Labute approximate surface area is 156 Å². The van der Waals surface area contributed by atoms with E-state index in [4.69, 9.17) is 9.72 Å². The maximum atomic E-state index is 5.49. The highest BCUT2D eigenvalue weighted by Crippen LogP contribution is 2.31. The number of anilines is 3. The third-order valence-electron chi connectivity index (χ3n) is 4.90. The molecule has 0 spiro atoms. The van der Waals surface area contributed by atoms with Gasteiger partial charge in [-0.25, -0.2) is 4.98 Å². The molecule has 3 heterocycles. The van der Waals surface area contributed by atoms with Crippen LogP contribution in [-0.2, 0) is 4.74 Å². The molecule has 0 amide bonds. The molecule has 136 valence electrons. The Bertz CT molecular complexity index is 1120. The summed E-state index contributed by atoms with van der Waals surface area (Å²) in [6, 6.07) is 16.3. The number of aromatic nitrogens is 4. The van der Waals surface area contributed by atoms with Crippen LogP contribution in [0.2, 0.25) is 0 Å². The first-order valence-electron chi connectivity index (χ1n) is 9.10. The lowest BCUT2D eigenvalue weighted by molar-refractivity contribution is 0.123. The van der Waals surface area contributed by atoms with Gasteiger partial charge in [0.25, 0.3) is 0 Å². The third-order valence-corrected chi connectivity index (χ3v) is 4.90. The number of benzene rings is 2. The number of morpholine rings is 1. The third kappa shape index (κ3) is 2.76. The molecule has 0 unspecified atom stereocenters. The summed E-state index contributed by atoms with van der Waals surface area (Å²) < 4.78 is 7.54. The second-order valence-corrected chi connectivity index (χ2v) is 6.60. The zero-order chi connectivity index (χ0) is 18.2. The first-order chi connectivity index (χ1) is 13.3. The number of fused-ring (bicyclic) bond motifs is 3. The molecule has 0 aliphatic carbocycles. The number of nitrogens with zero attached hydrogens (tertiary/aromatic N) is 5. The smallest absolute Gasteiger partial charge is 0.204 e. The fourth-order valence-electron chi connectivity index (χ4n) is 3.59. The molecule has 1 aliphatic heterocycles. The molecule has 1 saturated heterocycles. The molecule has 7 heteroatoms. The Kier molecular flexibility index (Phi) is 3.86. The van der Waals surface area contributed by atoms with E-state index in [0.717, 1.165) is 60.2 Å². The van der Waals surface area contributed by atoms with Gasteiger partial charge in [0.2, 0.25) is 5.65 Å². The summed E-state index contributed by atoms with van der Waals surface area (Å²) in [5, 5.41) is 12.1. The molecule has 7 nitrogen and oxygen atoms in total. The number of ether oxygens (including phenoxy) is 1. The Balaban J connectivity index is 1.63. The van der Waals surface area contributed by atoms with Crippen molar-refractivity contribution in [2.75, 3.05) is 36.5 Å². The number of hydrogen-bond donors (Lipinski definition) is 1. The Morgan fingerprint density at radius 3 is 2.63 bits per heavy atom. The zero-order valence-corrected chi connectivity index (χ0v) is 15.1. The minimum Gasteiger partial charge on any atom is -0.378 e. The highest BCUT2D eigenvalue weighted by Gasteiger charge is 2.17. The number of para-hydroxylation sites is 4. The number of hydrogen-bond acceptors (Lipinski definition) is 6. The Morgan fingerprint density at radius 2 is 1.74 bits per heavy atom. The van der Waals surface area contributed by atoms with E-state index in [0.29, 0.717) is 5.82 Å². The Hall–Kier alpha value is -3.19. The fraction of sp³-hybridized carbons (Fsp3) is 0.250. The first-order valence-corrected chi connectivity index (χ1v) is 9.10. The summed E-state index contributed by atoms with van der Waals surface area (Å²) in [6.07, 6.45) is 0. The van der Waals surface area contributed by atoms with Gasteiger partial charge in [-0.1, -0.05) is 24.3 Å².